The van der Waals surface area contributed by atoms with Crippen LogP contribution in [0.4, 0.5) is 0 Å². The van der Waals surface area contributed by atoms with Crippen LogP contribution in [-0.4, -0.2) is 0 Å². The zero-order chi connectivity index (χ0) is 17.1. The minimum atomic E-state index is -0.318. The Bertz CT molecular complexity index is 459. The quantitative estimate of drug-likeness (QED) is 0.437. The number of nitriles is 1. The van der Waals surface area contributed by atoms with Gasteiger partial charge in [-0.2, -0.15) is 5.26 Å². The molecule has 0 aliphatic rings. The van der Waals surface area contributed by atoms with Crippen LogP contribution in [0.25, 0.3) is 0 Å². The highest BCUT2D eigenvalue weighted by Crippen LogP contribution is 2.43. The summed E-state index contributed by atoms with van der Waals surface area (Å²) in [6, 6.07) is 13.4. The molecule has 0 fully saturated rings. The van der Waals surface area contributed by atoms with Crippen molar-refractivity contribution in [1.82, 2.24) is 0 Å². The Hall–Kier alpha value is -1.29. The van der Waals surface area contributed by atoms with Gasteiger partial charge in [0, 0.05) is 0 Å². The second-order valence-corrected chi connectivity index (χ2v) is 7.17. The summed E-state index contributed by atoms with van der Waals surface area (Å²) in [5.41, 5.74) is 0.918. The zero-order valence-electron chi connectivity index (χ0n) is 15.6. The molecule has 1 rings (SSSR count). The molecule has 1 aromatic rings. The standard InChI is InChI=1S/C22H35N/c1-5-8-14-20(13-7-3)22(18-23,17-19(4)12-6-2)21-15-10-9-11-16-21/h9-11,15-16,19-20H,5-8,12-14,17H2,1-4H3/t19-,20?,22?/m1/s1. The normalized spacial score (nSPS) is 16.3. The van der Waals surface area contributed by atoms with Crippen LogP contribution in [0.1, 0.15) is 84.6 Å². The average molecular weight is 314 g/mol. The van der Waals surface area contributed by atoms with Crippen molar-refractivity contribution in [2.45, 2.75) is 84.5 Å². The van der Waals surface area contributed by atoms with Crippen LogP contribution >= 0.6 is 0 Å². The van der Waals surface area contributed by atoms with Gasteiger partial charge in [-0.15, -0.1) is 0 Å². The van der Waals surface area contributed by atoms with E-state index in [1.807, 2.05) is 0 Å². The van der Waals surface area contributed by atoms with Crippen molar-refractivity contribution in [3.63, 3.8) is 0 Å². The van der Waals surface area contributed by atoms with Crippen molar-refractivity contribution < 1.29 is 0 Å². The molecule has 1 nitrogen and oxygen atoms in total. The van der Waals surface area contributed by atoms with Crippen LogP contribution in [0, 0.1) is 23.2 Å². The van der Waals surface area contributed by atoms with Crippen LogP contribution in [0.3, 0.4) is 0 Å². The number of unbranched alkanes of at least 4 members (excludes halogenated alkanes) is 1. The number of benzene rings is 1. The SMILES string of the molecule is CCCCC(CCC)C(C#N)(C[C@H](C)CCC)c1ccccc1. The molecule has 1 aromatic carbocycles. The molecule has 0 saturated heterocycles. The van der Waals surface area contributed by atoms with Gasteiger partial charge in [-0.1, -0.05) is 90.1 Å². The lowest BCUT2D eigenvalue weighted by Crippen LogP contribution is -2.36. The Kier molecular flexibility index (Phi) is 9.00. The minimum Gasteiger partial charge on any atom is -0.197 e. The van der Waals surface area contributed by atoms with E-state index < -0.39 is 0 Å². The van der Waals surface area contributed by atoms with Gasteiger partial charge in [-0.25, -0.2) is 0 Å². The lowest BCUT2D eigenvalue weighted by Gasteiger charge is -2.38. The van der Waals surface area contributed by atoms with E-state index in [0.717, 1.165) is 19.3 Å². The third kappa shape index (κ3) is 5.38. The molecular formula is C22H35N. The zero-order valence-corrected chi connectivity index (χ0v) is 15.6. The topological polar surface area (TPSA) is 23.8 Å². The van der Waals surface area contributed by atoms with E-state index in [1.54, 1.807) is 0 Å². The highest BCUT2D eigenvalue weighted by atomic mass is 14.5. The molecule has 0 spiro atoms. The lowest BCUT2D eigenvalue weighted by molar-refractivity contribution is 0.239. The van der Waals surface area contributed by atoms with E-state index in [0.29, 0.717) is 11.8 Å². The Labute approximate surface area is 144 Å². The van der Waals surface area contributed by atoms with Crippen molar-refractivity contribution in [2.75, 3.05) is 0 Å². The maximum Gasteiger partial charge on any atom is 0.0852 e. The van der Waals surface area contributed by atoms with Gasteiger partial charge in [0.2, 0.25) is 0 Å². The van der Waals surface area contributed by atoms with E-state index in [1.165, 1.54) is 37.7 Å². The Morgan fingerprint density at radius 1 is 0.957 bits per heavy atom. The first-order valence-corrected chi connectivity index (χ1v) is 9.61. The Morgan fingerprint density at radius 3 is 2.13 bits per heavy atom. The summed E-state index contributed by atoms with van der Waals surface area (Å²) < 4.78 is 0. The molecule has 0 radical (unpaired) electrons. The molecule has 0 aromatic heterocycles. The first kappa shape index (κ1) is 19.8. The number of hydrogen-bond donors (Lipinski definition) is 0. The molecule has 0 N–H and O–H groups in total. The molecule has 0 heterocycles. The molecule has 0 saturated carbocycles. The van der Waals surface area contributed by atoms with E-state index in [4.69, 9.17) is 0 Å². The molecule has 128 valence electrons. The number of nitrogens with zero attached hydrogens (tertiary/aromatic N) is 1. The summed E-state index contributed by atoms with van der Waals surface area (Å²) in [4.78, 5) is 0. The summed E-state index contributed by atoms with van der Waals surface area (Å²) >= 11 is 0. The molecule has 1 heteroatoms. The van der Waals surface area contributed by atoms with Gasteiger partial charge in [0.05, 0.1) is 11.5 Å². The maximum atomic E-state index is 10.3. The fourth-order valence-electron chi connectivity index (χ4n) is 4.04. The van der Waals surface area contributed by atoms with Crippen molar-refractivity contribution in [1.29, 1.82) is 5.26 Å². The molecule has 23 heavy (non-hydrogen) atoms. The van der Waals surface area contributed by atoms with E-state index in [2.05, 4.69) is 64.1 Å². The van der Waals surface area contributed by atoms with Gasteiger partial charge in [0.15, 0.2) is 0 Å². The van der Waals surface area contributed by atoms with Gasteiger partial charge < -0.3 is 0 Å². The van der Waals surface area contributed by atoms with Crippen molar-refractivity contribution >= 4 is 0 Å². The van der Waals surface area contributed by atoms with E-state index in [9.17, 15) is 5.26 Å². The summed E-state index contributed by atoms with van der Waals surface area (Å²) in [5.74, 6) is 1.07. The molecule has 0 bridgehead atoms. The van der Waals surface area contributed by atoms with Crippen molar-refractivity contribution in [3.8, 4) is 6.07 Å². The smallest absolute Gasteiger partial charge is 0.0852 e. The van der Waals surface area contributed by atoms with Crippen LogP contribution in [0.15, 0.2) is 30.3 Å². The predicted octanol–water partition coefficient (Wildman–Crippen LogP) is 6.88. The van der Waals surface area contributed by atoms with Crippen molar-refractivity contribution in [2.24, 2.45) is 11.8 Å². The molecule has 0 aliphatic carbocycles. The second-order valence-electron chi connectivity index (χ2n) is 7.17. The maximum absolute atomic E-state index is 10.3. The van der Waals surface area contributed by atoms with Gasteiger partial charge >= 0.3 is 0 Å². The van der Waals surface area contributed by atoms with E-state index in [-0.39, 0.29) is 5.41 Å². The average Bonchev–Trinajstić information content (AvgIpc) is 2.57. The summed E-state index contributed by atoms with van der Waals surface area (Å²) in [5, 5.41) is 10.3. The highest BCUT2D eigenvalue weighted by Gasteiger charge is 2.40. The largest absolute Gasteiger partial charge is 0.197 e. The second kappa shape index (κ2) is 10.5. The fourth-order valence-corrected chi connectivity index (χ4v) is 4.04. The molecular weight excluding hydrogens is 278 g/mol. The minimum absolute atomic E-state index is 0.318. The third-order valence-electron chi connectivity index (χ3n) is 5.18. The summed E-state index contributed by atoms with van der Waals surface area (Å²) in [6.45, 7) is 9.07. The van der Waals surface area contributed by atoms with Gasteiger partial charge in [0.25, 0.3) is 0 Å². The monoisotopic (exact) mass is 313 g/mol. The molecule has 3 atom stereocenters. The van der Waals surface area contributed by atoms with Crippen LogP contribution < -0.4 is 0 Å². The van der Waals surface area contributed by atoms with Gasteiger partial charge in [-0.05, 0) is 36.7 Å². The molecule has 0 aliphatic heterocycles. The number of rotatable bonds is 11. The molecule has 2 unspecified atom stereocenters. The Balaban J connectivity index is 3.23. The predicted molar refractivity (Wildman–Crippen MR) is 100 cm³/mol. The summed E-state index contributed by atoms with van der Waals surface area (Å²) in [7, 11) is 0. The fraction of sp³-hybridized carbons (Fsp3) is 0.682. The summed E-state index contributed by atoms with van der Waals surface area (Å²) in [6.07, 6.45) is 9.33. The number of hydrogen-bond acceptors (Lipinski definition) is 1. The van der Waals surface area contributed by atoms with Crippen LogP contribution in [0.5, 0.6) is 0 Å². The van der Waals surface area contributed by atoms with Crippen LogP contribution in [0.2, 0.25) is 0 Å². The lowest BCUT2D eigenvalue weighted by atomic mass is 9.63. The first-order valence-electron chi connectivity index (χ1n) is 9.61. The van der Waals surface area contributed by atoms with Gasteiger partial charge in [0.1, 0.15) is 0 Å². The van der Waals surface area contributed by atoms with Gasteiger partial charge in [-0.3, -0.25) is 0 Å². The Morgan fingerprint density at radius 2 is 1.61 bits per heavy atom. The van der Waals surface area contributed by atoms with E-state index >= 15 is 0 Å². The van der Waals surface area contributed by atoms with Crippen molar-refractivity contribution in [3.05, 3.63) is 35.9 Å². The van der Waals surface area contributed by atoms with Crippen LogP contribution in [-0.2, 0) is 5.41 Å². The highest BCUT2D eigenvalue weighted by molar-refractivity contribution is 5.34. The molecule has 0 amide bonds. The third-order valence-corrected chi connectivity index (χ3v) is 5.18. The first-order chi connectivity index (χ1) is 11.1.